The Labute approximate surface area is 176 Å². The standard InChI is InChI=1S/C21H22N2O4S.ClH/c1-15-17(13-22-2)14-23(21(15)16-6-4-3-5-7-16)28(24,25)18-8-9-19-20(12-18)27-11-10-26-19;/h3-9,12,14,22H,10-11,13H2,1-2H3;1H. The van der Waals surface area contributed by atoms with Gasteiger partial charge >= 0.3 is 0 Å². The van der Waals surface area contributed by atoms with E-state index in [1.807, 2.05) is 44.3 Å². The van der Waals surface area contributed by atoms with Gasteiger partial charge in [0.1, 0.15) is 13.2 Å². The molecule has 3 aromatic rings. The van der Waals surface area contributed by atoms with Crippen LogP contribution in [0, 0.1) is 6.92 Å². The van der Waals surface area contributed by atoms with Gasteiger partial charge in [0.15, 0.2) is 11.5 Å². The van der Waals surface area contributed by atoms with Gasteiger partial charge in [0.05, 0.1) is 10.6 Å². The van der Waals surface area contributed by atoms with Gasteiger partial charge in [-0.25, -0.2) is 12.4 Å². The molecule has 2 heterocycles. The lowest BCUT2D eigenvalue weighted by molar-refractivity contribution is 0.171. The van der Waals surface area contributed by atoms with Gasteiger partial charge < -0.3 is 14.8 Å². The highest BCUT2D eigenvalue weighted by atomic mass is 35.5. The molecular weight excluding hydrogens is 412 g/mol. The van der Waals surface area contributed by atoms with E-state index in [1.54, 1.807) is 18.3 Å². The SMILES string of the molecule is CNCc1cn(S(=O)(=O)c2ccc3c(c2)OCCO3)c(-c2ccccc2)c1C.Cl. The van der Waals surface area contributed by atoms with E-state index in [4.69, 9.17) is 9.47 Å². The quantitative estimate of drug-likeness (QED) is 0.664. The Morgan fingerprint density at radius 3 is 2.41 bits per heavy atom. The molecule has 6 nitrogen and oxygen atoms in total. The molecule has 154 valence electrons. The number of rotatable bonds is 5. The number of fused-ring (bicyclic) bond motifs is 1. The van der Waals surface area contributed by atoms with E-state index in [0.29, 0.717) is 37.0 Å². The second-order valence-electron chi connectivity index (χ2n) is 6.63. The van der Waals surface area contributed by atoms with Crippen LogP contribution in [-0.4, -0.2) is 32.7 Å². The molecular formula is C21H23ClN2O4S. The maximum absolute atomic E-state index is 13.5. The summed E-state index contributed by atoms with van der Waals surface area (Å²) in [6, 6.07) is 14.3. The van der Waals surface area contributed by atoms with Gasteiger partial charge in [-0.3, -0.25) is 0 Å². The molecule has 8 heteroatoms. The van der Waals surface area contributed by atoms with Crippen molar-refractivity contribution in [1.29, 1.82) is 0 Å². The lowest BCUT2D eigenvalue weighted by Gasteiger charge is -2.19. The molecule has 0 atom stereocenters. The number of nitrogens with one attached hydrogen (secondary N) is 1. The van der Waals surface area contributed by atoms with Crippen molar-refractivity contribution in [2.24, 2.45) is 0 Å². The van der Waals surface area contributed by atoms with Crippen LogP contribution in [0.25, 0.3) is 11.3 Å². The largest absolute Gasteiger partial charge is 0.486 e. The lowest BCUT2D eigenvalue weighted by atomic mass is 10.1. The van der Waals surface area contributed by atoms with Crippen LogP contribution < -0.4 is 14.8 Å². The minimum absolute atomic E-state index is 0. The van der Waals surface area contributed by atoms with Gasteiger partial charge in [0.2, 0.25) is 0 Å². The Kier molecular flexibility index (Phi) is 6.21. The Morgan fingerprint density at radius 2 is 1.72 bits per heavy atom. The average Bonchev–Trinajstić information content (AvgIpc) is 3.05. The predicted octanol–water partition coefficient (Wildman–Crippen LogP) is 3.61. The van der Waals surface area contributed by atoms with Crippen LogP contribution in [0.4, 0.5) is 0 Å². The third-order valence-electron chi connectivity index (χ3n) is 4.82. The van der Waals surface area contributed by atoms with Crippen molar-refractivity contribution in [2.45, 2.75) is 18.4 Å². The number of hydrogen-bond donors (Lipinski definition) is 1. The zero-order chi connectivity index (χ0) is 19.7. The summed E-state index contributed by atoms with van der Waals surface area (Å²) in [5.74, 6) is 1.01. The van der Waals surface area contributed by atoms with Gasteiger partial charge in [0.25, 0.3) is 10.0 Å². The van der Waals surface area contributed by atoms with Gasteiger partial charge in [-0.1, -0.05) is 30.3 Å². The van der Waals surface area contributed by atoms with E-state index in [1.165, 1.54) is 10.0 Å². The number of ether oxygens (including phenoxy) is 2. The minimum atomic E-state index is -3.82. The summed E-state index contributed by atoms with van der Waals surface area (Å²) in [5, 5.41) is 3.10. The highest BCUT2D eigenvalue weighted by Gasteiger charge is 2.26. The topological polar surface area (TPSA) is 69.6 Å². The molecule has 0 spiro atoms. The number of halogens is 1. The molecule has 0 aliphatic carbocycles. The number of aromatic nitrogens is 1. The molecule has 4 rings (SSSR count). The Hall–Kier alpha value is -2.48. The first kappa shape index (κ1) is 21.2. The molecule has 1 N–H and O–H groups in total. The first-order chi connectivity index (χ1) is 13.5. The molecule has 2 aromatic carbocycles. The van der Waals surface area contributed by atoms with Crippen molar-refractivity contribution >= 4 is 22.4 Å². The lowest BCUT2D eigenvalue weighted by Crippen LogP contribution is -2.17. The fraction of sp³-hybridized carbons (Fsp3) is 0.238. The predicted molar refractivity (Wildman–Crippen MR) is 115 cm³/mol. The van der Waals surface area contributed by atoms with Gasteiger partial charge in [-0.15, -0.1) is 12.4 Å². The van der Waals surface area contributed by atoms with Crippen LogP contribution in [0.5, 0.6) is 11.5 Å². The molecule has 1 aromatic heterocycles. The van der Waals surface area contributed by atoms with Crippen LogP contribution in [0.3, 0.4) is 0 Å². The first-order valence-electron chi connectivity index (χ1n) is 9.08. The van der Waals surface area contributed by atoms with Crippen molar-refractivity contribution in [1.82, 2.24) is 9.29 Å². The van der Waals surface area contributed by atoms with Gasteiger partial charge in [0, 0.05) is 18.8 Å². The summed E-state index contributed by atoms with van der Waals surface area (Å²) < 4.78 is 39.5. The summed E-state index contributed by atoms with van der Waals surface area (Å²) >= 11 is 0. The highest BCUT2D eigenvalue weighted by Crippen LogP contribution is 2.35. The van der Waals surface area contributed by atoms with E-state index in [0.717, 1.165) is 16.7 Å². The molecule has 29 heavy (non-hydrogen) atoms. The Morgan fingerprint density at radius 1 is 1.03 bits per heavy atom. The Balaban J connectivity index is 0.00000240. The van der Waals surface area contributed by atoms with E-state index >= 15 is 0 Å². The van der Waals surface area contributed by atoms with E-state index < -0.39 is 10.0 Å². The summed E-state index contributed by atoms with van der Waals surface area (Å²) in [6.45, 7) is 3.39. The van der Waals surface area contributed by atoms with Crippen molar-refractivity contribution in [3.05, 3.63) is 65.9 Å². The van der Waals surface area contributed by atoms with Crippen LogP contribution in [0.2, 0.25) is 0 Å². The summed E-state index contributed by atoms with van der Waals surface area (Å²) in [7, 11) is -1.98. The molecule has 0 radical (unpaired) electrons. The smallest absolute Gasteiger partial charge is 0.268 e. The normalized spacial score (nSPS) is 13.0. The van der Waals surface area contributed by atoms with Crippen molar-refractivity contribution in [3.8, 4) is 22.8 Å². The van der Waals surface area contributed by atoms with Crippen molar-refractivity contribution in [3.63, 3.8) is 0 Å². The third kappa shape index (κ3) is 3.85. The summed E-state index contributed by atoms with van der Waals surface area (Å²) in [6.07, 6.45) is 1.69. The molecule has 0 fully saturated rings. The minimum Gasteiger partial charge on any atom is -0.486 e. The molecule has 0 bridgehead atoms. The zero-order valence-corrected chi connectivity index (χ0v) is 17.8. The molecule has 0 saturated carbocycles. The monoisotopic (exact) mass is 434 g/mol. The molecule has 1 aliphatic rings. The first-order valence-corrected chi connectivity index (χ1v) is 10.5. The molecule has 0 unspecified atom stereocenters. The fourth-order valence-electron chi connectivity index (χ4n) is 3.42. The van der Waals surface area contributed by atoms with E-state index in [-0.39, 0.29) is 17.3 Å². The van der Waals surface area contributed by atoms with Crippen molar-refractivity contribution < 1.29 is 17.9 Å². The summed E-state index contributed by atoms with van der Waals surface area (Å²) in [4.78, 5) is 0.167. The second kappa shape index (κ2) is 8.49. The van der Waals surface area contributed by atoms with Crippen LogP contribution in [-0.2, 0) is 16.6 Å². The maximum atomic E-state index is 13.5. The van der Waals surface area contributed by atoms with Gasteiger partial charge in [-0.05, 0) is 42.8 Å². The average molecular weight is 435 g/mol. The van der Waals surface area contributed by atoms with Crippen LogP contribution in [0.15, 0.2) is 59.6 Å². The molecule has 1 aliphatic heterocycles. The fourth-order valence-corrected chi connectivity index (χ4v) is 4.89. The molecule has 0 saturated heterocycles. The highest BCUT2D eigenvalue weighted by molar-refractivity contribution is 7.90. The van der Waals surface area contributed by atoms with E-state index in [2.05, 4.69) is 5.32 Å². The van der Waals surface area contributed by atoms with Crippen LogP contribution >= 0.6 is 12.4 Å². The van der Waals surface area contributed by atoms with Crippen LogP contribution in [0.1, 0.15) is 11.1 Å². The number of hydrogen-bond acceptors (Lipinski definition) is 5. The second-order valence-corrected chi connectivity index (χ2v) is 8.45. The Bertz CT molecular complexity index is 1110. The number of nitrogens with zero attached hydrogens (tertiary/aromatic N) is 1. The third-order valence-corrected chi connectivity index (χ3v) is 6.47. The number of benzene rings is 2. The zero-order valence-electron chi connectivity index (χ0n) is 16.2. The molecule has 0 amide bonds. The summed E-state index contributed by atoms with van der Waals surface area (Å²) in [5.41, 5.74) is 3.38. The van der Waals surface area contributed by atoms with Crippen molar-refractivity contribution in [2.75, 3.05) is 20.3 Å². The van der Waals surface area contributed by atoms with E-state index in [9.17, 15) is 8.42 Å². The van der Waals surface area contributed by atoms with Gasteiger partial charge in [-0.2, -0.15) is 0 Å². The maximum Gasteiger partial charge on any atom is 0.268 e.